The Labute approximate surface area is 408 Å². The Morgan fingerprint density at radius 2 is 0.606 bits per heavy atom. The van der Waals surface area contributed by atoms with Crippen molar-refractivity contribution >= 4 is 78.2 Å². The van der Waals surface area contributed by atoms with Crippen LogP contribution < -0.4 is 0 Å². The Morgan fingerprint density at radius 1 is 0.333 bits per heavy atom. The van der Waals surface area contributed by atoms with E-state index in [0.717, 1.165) is 98.3 Å². The van der Waals surface area contributed by atoms with Crippen LogP contribution >= 0.6 is 31.9 Å². The van der Waals surface area contributed by atoms with Crippen molar-refractivity contribution in [3.63, 3.8) is 0 Å². The van der Waals surface area contributed by atoms with Gasteiger partial charge < -0.3 is 9.97 Å². The molecule has 4 aromatic carbocycles. The minimum atomic E-state index is -0.0750. The van der Waals surface area contributed by atoms with E-state index in [1.165, 1.54) is 22.3 Å². The summed E-state index contributed by atoms with van der Waals surface area (Å²) in [6.07, 6.45) is 8.75. The number of hydrogen-bond donors (Lipinski definition) is 2. The van der Waals surface area contributed by atoms with E-state index in [0.29, 0.717) is 0 Å². The SMILES string of the molecule is CC(C)(C)c1cc(-c2c3nc(c(-c4cccc(Br)c4)c4ccc([nH]4)c(-c4cc(C(C)(C)C)cc(C(C)(C)C)c4)c4nc(c(-c5cccc(Br)c5)c5ccc2[nH]5)C=C4)C=C3)cc(C(C)(C)C)c1. The Bertz CT molecular complexity index is 3020. The van der Waals surface area contributed by atoms with Gasteiger partial charge in [0, 0.05) is 53.3 Å². The highest BCUT2D eigenvalue weighted by Gasteiger charge is 2.26. The summed E-state index contributed by atoms with van der Waals surface area (Å²) in [5.41, 5.74) is 20.8. The molecule has 8 bridgehead atoms. The van der Waals surface area contributed by atoms with Crippen molar-refractivity contribution in [3.05, 3.63) is 163 Å². The fourth-order valence-electron chi connectivity index (χ4n) is 8.98. The van der Waals surface area contributed by atoms with E-state index in [4.69, 9.17) is 9.97 Å². The first-order valence-electron chi connectivity index (χ1n) is 23.0. The number of rotatable bonds is 4. The lowest BCUT2D eigenvalue weighted by atomic mass is 9.78. The predicted molar refractivity (Wildman–Crippen MR) is 291 cm³/mol. The molecule has 0 saturated carbocycles. The standard InChI is InChI=1S/C60H60Br2N4/c1-57(2,3)39-27-37(28-40(33-39)58(4,5)6)55-49-23-19-45(63-49)53(35-15-13-17-43(61)31-35)47-21-25-51(65-47)56(38-29-41(59(7,8)9)34-42(30-38)60(10,11)12)52-26-22-48(66-52)54(46-20-24-50(55)64-46)36-16-14-18-44(62)32-36/h13-34,63,66H,1-12H3. The summed E-state index contributed by atoms with van der Waals surface area (Å²) in [5.74, 6) is 0. The molecule has 5 heterocycles. The summed E-state index contributed by atoms with van der Waals surface area (Å²) < 4.78 is 2.01. The maximum Gasteiger partial charge on any atom is 0.0737 e. The highest BCUT2D eigenvalue weighted by molar-refractivity contribution is 9.10. The lowest BCUT2D eigenvalue weighted by Crippen LogP contribution is -2.16. The fraction of sp³-hybridized carbons (Fsp3) is 0.267. The molecule has 0 saturated heterocycles. The van der Waals surface area contributed by atoms with Gasteiger partial charge in [-0.25, -0.2) is 9.97 Å². The van der Waals surface area contributed by atoms with Gasteiger partial charge in [-0.3, -0.25) is 0 Å². The van der Waals surface area contributed by atoms with E-state index < -0.39 is 0 Å². The maximum atomic E-state index is 5.63. The van der Waals surface area contributed by atoms with E-state index in [-0.39, 0.29) is 21.7 Å². The summed E-state index contributed by atoms with van der Waals surface area (Å²) >= 11 is 7.61. The number of H-pyrrole nitrogens is 2. The van der Waals surface area contributed by atoms with Crippen LogP contribution in [-0.2, 0) is 21.7 Å². The van der Waals surface area contributed by atoms with Crippen molar-refractivity contribution in [1.82, 2.24) is 19.9 Å². The molecule has 66 heavy (non-hydrogen) atoms. The van der Waals surface area contributed by atoms with Crippen LogP contribution in [0.3, 0.4) is 0 Å². The van der Waals surface area contributed by atoms with Crippen molar-refractivity contribution in [3.8, 4) is 44.5 Å². The normalized spacial score (nSPS) is 13.2. The molecule has 0 atom stereocenters. The Hall–Kier alpha value is -5.56. The van der Waals surface area contributed by atoms with E-state index in [1.54, 1.807) is 0 Å². The van der Waals surface area contributed by atoms with Gasteiger partial charge >= 0.3 is 0 Å². The highest BCUT2D eigenvalue weighted by Crippen LogP contribution is 2.42. The van der Waals surface area contributed by atoms with Crippen molar-refractivity contribution in [1.29, 1.82) is 0 Å². The molecule has 0 unspecified atom stereocenters. The zero-order chi connectivity index (χ0) is 47.1. The molecule has 0 fully saturated rings. The minimum absolute atomic E-state index is 0.0750. The third kappa shape index (κ3) is 8.99. The summed E-state index contributed by atoms with van der Waals surface area (Å²) in [6, 6.07) is 40.2. The molecule has 2 aliphatic heterocycles. The van der Waals surface area contributed by atoms with Gasteiger partial charge in [0.25, 0.3) is 0 Å². The second kappa shape index (κ2) is 16.6. The molecule has 2 N–H and O–H groups in total. The molecule has 0 aliphatic carbocycles. The molecule has 9 rings (SSSR count). The van der Waals surface area contributed by atoms with Crippen LogP contribution in [0.1, 0.15) is 128 Å². The maximum absolute atomic E-state index is 5.63. The molecule has 0 spiro atoms. The van der Waals surface area contributed by atoms with Crippen molar-refractivity contribution in [2.75, 3.05) is 0 Å². The first-order valence-corrected chi connectivity index (χ1v) is 24.6. The molecule has 0 radical (unpaired) electrons. The number of nitrogens with zero attached hydrogens (tertiary/aromatic N) is 2. The van der Waals surface area contributed by atoms with E-state index in [9.17, 15) is 0 Å². The quantitative estimate of drug-likeness (QED) is 0.185. The molecular weight excluding hydrogens is 936 g/mol. The van der Waals surface area contributed by atoms with Crippen molar-refractivity contribution in [2.45, 2.75) is 105 Å². The average molecular weight is 997 g/mol. The van der Waals surface area contributed by atoms with Gasteiger partial charge in [-0.2, -0.15) is 0 Å². The van der Waals surface area contributed by atoms with Crippen LogP contribution in [0.4, 0.5) is 0 Å². The summed E-state index contributed by atoms with van der Waals surface area (Å²) in [7, 11) is 0. The summed E-state index contributed by atoms with van der Waals surface area (Å²) in [6.45, 7) is 27.6. The fourth-order valence-corrected chi connectivity index (χ4v) is 9.78. The zero-order valence-corrected chi connectivity index (χ0v) is 43.5. The summed E-state index contributed by atoms with van der Waals surface area (Å²) in [4.78, 5) is 19.2. The van der Waals surface area contributed by atoms with Crippen LogP contribution in [0, 0.1) is 0 Å². The van der Waals surface area contributed by atoms with Gasteiger partial charge in [-0.1, -0.05) is 176 Å². The molecule has 4 nitrogen and oxygen atoms in total. The van der Waals surface area contributed by atoms with E-state index >= 15 is 0 Å². The molecule has 2 aliphatic rings. The van der Waals surface area contributed by atoms with Crippen LogP contribution in [0.5, 0.6) is 0 Å². The average Bonchev–Trinajstić information content (AvgIpc) is 4.08. The number of halogens is 2. The topological polar surface area (TPSA) is 57.4 Å². The lowest BCUT2D eigenvalue weighted by Gasteiger charge is -2.26. The largest absolute Gasteiger partial charge is 0.354 e. The second-order valence-electron chi connectivity index (χ2n) is 22.1. The Morgan fingerprint density at radius 3 is 0.864 bits per heavy atom. The van der Waals surface area contributed by atoms with Crippen LogP contribution in [-0.4, -0.2) is 19.9 Å². The van der Waals surface area contributed by atoms with Gasteiger partial charge in [0.15, 0.2) is 0 Å². The van der Waals surface area contributed by atoms with Crippen LogP contribution in [0.25, 0.3) is 90.9 Å². The summed E-state index contributed by atoms with van der Waals surface area (Å²) in [5, 5.41) is 0. The molecule has 3 aromatic heterocycles. The number of aromatic amines is 2. The number of aromatic nitrogens is 4. The third-order valence-electron chi connectivity index (χ3n) is 12.9. The molecule has 6 heteroatoms. The van der Waals surface area contributed by atoms with Gasteiger partial charge in [-0.15, -0.1) is 0 Å². The van der Waals surface area contributed by atoms with Crippen molar-refractivity contribution in [2.24, 2.45) is 0 Å². The lowest BCUT2D eigenvalue weighted by molar-refractivity contribution is 0.568. The minimum Gasteiger partial charge on any atom is -0.354 e. The smallest absolute Gasteiger partial charge is 0.0737 e. The molecule has 0 amide bonds. The molecule has 7 aromatic rings. The predicted octanol–water partition coefficient (Wildman–Crippen LogP) is 18.0. The first kappa shape index (κ1) is 45.6. The monoisotopic (exact) mass is 994 g/mol. The van der Waals surface area contributed by atoms with Crippen LogP contribution in [0.2, 0.25) is 0 Å². The Balaban J connectivity index is 1.50. The molecule has 334 valence electrons. The van der Waals surface area contributed by atoms with E-state index in [1.807, 2.05) is 0 Å². The number of hydrogen-bond acceptors (Lipinski definition) is 2. The van der Waals surface area contributed by atoms with Gasteiger partial charge in [0.05, 0.1) is 22.8 Å². The highest BCUT2D eigenvalue weighted by atomic mass is 79.9. The number of fused-ring (bicyclic) bond motifs is 8. The molecular formula is C60H60Br2N4. The number of nitrogens with one attached hydrogen (secondary N) is 2. The zero-order valence-electron chi connectivity index (χ0n) is 40.4. The van der Waals surface area contributed by atoms with Crippen LogP contribution in [0.15, 0.2) is 118 Å². The van der Waals surface area contributed by atoms with Gasteiger partial charge in [0.2, 0.25) is 0 Å². The second-order valence-corrected chi connectivity index (χ2v) is 24.0. The van der Waals surface area contributed by atoms with Gasteiger partial charge in [0.1, 0.15) is 0 Å². The third-order valence-corrected chi connectivity index (χ3v) is 13.9. The first-order chi connectivity index (χ1) is 31.0. The number of benzene rings is 4. The van der Waals surface area contributed by atoms with Crippen molar-refractivity contribution < 1.29 is 0 Å². The van der Waals surface area contributed by atoms with E-state index in [2.05, 4.69) is 258 Å². The van der Waals surface area contributed by atoms with Gasteiger partial charge in [-0.05, 0) is 139 Å². The Kier molecular flexibility index (Phi) is 11.5.